The Morgan fingerprint density at radius 2 is 0.962 bits per heavy atom. The highest BCUT2D eigenvalue weighted by atomic mass is 32.2. The Bertz CT molecular complexity index is 3760. The summed E-state index contributed by atoms with van der Waals surface area (Å²) in [6, 6.07) is 29.3. The van der Waals surface area contributed by atoms with E-state index in [9.17, 15) is 31.2 Å². The van der Waals surface area contributed by atoms with E-state index < -0.39 is 31.9 Å². The molecule has 2 saturated heterocycles. The molecule has 0 bridgehead atoms. The fourth-order valence-electron chi connectivity index (χ4n) is 13.4. The van der Waals surface area contributed by atoms with Crippen molar-refractivity contribution < 1.29 is 54.6 Å². The second kappa shape index (κ2) is 76.1. The minimum absolute atomic E-state index is 0.0576. The smallest absolute Gasteiger partial charge is 0.309 e. The zero-order chi connectivity index (χ0) is 98.6. The molecule has 0 aliphatic carbocycles. The average molecular weight is 1860 g/mol. The van der Waals surface area contributed by atoms with E-state index in [-0.39, 0.29) is 29.4 Å². The number of unbranched alkanes of at least 4 members (excludes halogenated alkanes) is 2. The number of amides is 3. The van der Waals surface area contributed by atoms with E-state index in [1.165, 1.54) is 106 Å². The van der Waals surface area contributed by atoms with Gasteiger partial charge in [0, 0.05) is 122 Å². The third kappa shape index (κ3) is 61.0. The van der Waals surface area contributed by atoms with Crippen LogP contribution in [0.15, 0.2) is 118 Å². The molecule has 0 spiro atoms. The molecule has 3 atom stereocenters. The first-order valence-corrected chi connectivity index (χ1v) is 53.3. The molecular formula is C107H193N9O12S2. The number of oxazole rings is 1. The number of carbonyl (C=O) groups excluding carboxylic acids is 3. The van der Waals surface area contributed by atoms with Crippen molar-refractivity contribution >= 4 is 37.8 Å². The van der Waals surface area contributed by atoms with Crippen molar-refractivity contribution in [1.29, 1.82) is 0 Å². The van der Waals surface area contributed by atoms with Gasteiger partial charge in [-0.2, -0.15) is 8.61 Å². The Labute approximate surface area is 797 Å². The molecule has 130 heavy (non-hydrogen) atoms. The molecule has 23 heteroatoms. The van der Waals surface area contributed by atoms with Crippen molar-refractivity contribution in [2.75, 3.05) is 112 Å². The van der Waals surface area contributed by atoms with Gasteiger partial charge in [-0.15, -0.1) is 0 Å². The van der Waals surface area contributed by atoms with E-state index >= 15 is 0 Å². The number of nitrogens with one attached hydrogen (secondary N) is 2. The van der Waals surface area contributed by atoms with Gasteiger partial charge < -0.3 is 48.7 Å². The fourth-order valence-corrected chi connectivity index (χ4v) is 16.6. The number of aromatic nitrogens is 2. The predicted octanol–water partition coefficient (Wildman–Crippen LogP) is 24.6. The zero-order valence-electron chi connectivity index (χ0n) is 88.0. The first-order chi connectivity index (χ1) is 61.6. The molecule has 2 N–H and O–H groups in total. The Morgan fingerprint density at radius 3 is 1.40 bits per heavy atom. The summed E-state index contributed by atoms with van der Waals surface area (Å²) in [7, 11) is -5.38. The van der Waals surface area contributed by atoms with E-state index in [4.69, 9.17) is 23.4 Å². The molecule has 2 aliphatic rings. The summed E-state index contributed by atoms with van der Waals surface area (Å²) < 4.78 is 81.1. The zero-order valence-corrected chi connectivity index (χ0v) is 89.7. The van der Waals surface area contributed by atoms with Crippen LogP contribution in [-0.4, -0.2) is 192 Å². The van der Waals surface area contributed by atoms with Crippen LogP contribution in [0.1, 0.15) is 348 Å². The van der Waals surface area contributed by atoms with Crippen molar-refractivity contribution in [2.24, 2.45) is 53.3 Å². The Morgan fingerprint density at radius 1 is 0.469 bits per heavy atom. The number of aryl methyl sites for hydroxylation is 3. The predicted molar refractivity (Wildman–Crippen MR) is 547 cm³/mol. The lowest BCUT2D eigenvalue weighted by Gasteiger charge is -2.34. The summed E-state index contributed by atoms with van der Waals surface area (Å²) in [6.45, 7) is 76.3. The fraction of sp³-hybridized carbons (Fsp3) is 0.729. The Kier molecular flexibility index (Phi) is 73.7. The SMILES string of the molecule is CCCCCC(C)C.CCCN(CCC(C)C)C(=O)c1ccncc1.CCCN(CCC(C)C)S(=O)(=O)c1ccc(OC)cc1.CCCN(CCC(C)C)S(=O)(=O)c1nc(C)oc1C.CCCN1CCN(CCC(C)C)CC1.CCCNC(=O)C(=O)NCCC(C)C.CCCOCCC(C)C.CC[C@@H]1OC(c2ccccc2)O[C@H]1CC(C)C.CCc1ccc(CC(C)C)cc1. The maximum Gasteiger partial charge on any atom is 0.309 e. The number of nitrogens with zero attached hydrogens (tertiary/aromatic N) is 7. The lowest BCUT2D eigenvalue weighted by molar-refractivity contribution is -0.139. The maximum absolute atomic E-state index is 12.6. The lowest BCUT2D eigenvalue weighted by atomic mass is 10.0. The first-order valence-electron chi connectivity index (χ1n) is 50.4. The van der Waals surface area contributed by atoms with Crippen LogP contribution in [0.2, 0.25) is 0 Å². The van der Waals surface area contributed by atoms with Crippen LogP contribution in [0, 0.1) is 67.1 Å². The minimum Gasteiger partial charge on any atom is -0.497 e. The van der Waals surface area contributed by atoms with Crippen molar-refractivity contribution in [3.05, 3.63) is 137 Å². The molecule has 21 nitrogen and oxygen atoms in total. The highest BCUT2D eigenvalue weighted by Crippen LogP contribution is 2.35. The quantitative estimate of drug-likeness (QED) is 0.0272. The number of hydrogen-bond acceptors (Lipinski definition) is 16. The maximum atomic E-state index is 12.6. The van der Waals surface area contributed by atoms with E-state index in [0.717, 1.165) is 138 Å². The van der Waals surface area contributed by atoms with Gasteiger partial charge in [0.25, 0.3) is 15.9 Å². The topological polar surface area (TPSA) is 236 Å². The third-order valence-electron chi connectivity index (χ3n) is 21.3. The number of benzene rings is 3. The Balaban J connectivity index is 0. The van der Waals surface area contributed by atoms with E-state index in [1.807, 2.05) is 43.9 Å². The number of methoxy groups -OCH3 is 1. The highest BCUT2D eigenvalue weighted by Gasteiger charge is 2.36. The largest absolute Gasteiger partial charge is 0.497 e. The van der Waals surface area contributed by atoms with Gasteiger partial charge in [-0.1, -0.05) is 267 Å². The van der Waals surface area contributed by atoms with Crippen molar-refractivity contribution in [3.63, 3.8) is 0 Å². The monoisotopic (exact) mass is 1860 g/mol. The van der Waals surface area contributed by atoms with Gasteiger partial charge in [-0.25, -0.2) is 21.8 Å². The van der Waals surface area contributed by atoms with Crippen molar-refractivity contribution in [1.82, 2.24) is 43.9 Å². The van der Waals surface area contributed by atoms with Crippen molar-refractivity contribution in [2.45, 2.75) is 358 Å². The van der Waals surface area contributed by atoms with E-state index in [2.05, 4.69) is 233 Å². The summed E-state index contributed by atoms with van der Waals surface area (Å²) in [5.74, 6) is 6.53. The normalized spacial score (nSPS) is 14.5. The van der Waals surface area contributed by atoms with Crippen LogP contribution in [0.5, 0.6) is 5.75 Å². The van der Waals surface area contributed by atoms with Crippen LogP contribution >= 0.6 is 0 Å². The summed E-state index contributed by atoms with van der Waals surface area (Å²) in [5, 5.41) is 5.15. The van der Waals surface area contributed by atoms with Gasteiger partial charge in [-0.3, -0.25) is 19.4 Å². The van der Waals surface area contributed by atoms with Crippen LogP contribution in [0.3, 0.4) is 0 Å². The number of hydrogen-bond donors (Lipinski definition) is 2. The van der Waals surface area contributed by atoms with E-state index in [0.29, 0.717) is 91.2 Å². The molecule has 0 saturated carbocycles. The van der Waals surface area contributed by atoms with Crippen LogP contribution in [-0.2, 0) is 56.7 Å². The van der Waals surface area contributed by atoms with Gasteiger partial charge in [0.05, 0.1) is 24.2 Å². The third-order valence-corrected chi connectivity index (χ3v) is 25.1. The van der Waals surface area contributed by atoms with Gasteiger partial charge in [0.15, 0.2) is 12.2 Å². The van der Waals surface area contributed by atoms with Crippen LogP contribution in [0.4, 0.5) is 0 Å². The van der Waals surface area contributed by atoms with Gasteiger partial charge >= 0.3 is 11.8 Å². The second-order valence-corrected chi connectivity index (χ2v) is 42.1. The molecule has 1 unspecified atom stereocenters. The number of piperazine rings is 1. The summed E-state index contributed by atoms with van der Waals surface area (Å²) in [5.41, 5.74) is 4.75. The van der Waals surface area contributed by atoms with Gasteiger partial charge in [0.1, 0.15) is 11.5 Å². The molecule has 7 rings (SSSR count). The molecule has 5 aromatic rings. The Hall–Kier alpha value is -6.15. The van der Waals surface area contributed by atoms with Crippen LogP contribution in [0.25, 0.3) is 0 Å². The molecule has 2 fully saturated rings. The standard InChI is InChI=1S/C15H25NO3S.C15H22O2.C14H22N2O.C13H24N2O3S.C12H26N2.C12H18.C10H20N2O2.C8H18O.C8H18/c1-5-11-16(12-10-13(2)3)20(17,18)15-8-6-14(19-4)7-9-15;1-4-13-14(10-11(2)3)17-15(16-13)12-8-6-5-7-9-12;1-4-10-16(11-7-12(2)3)14(17)13-5-8-15-9-6-13;1-6-8-15(9-7-10(2)3)19(16,17)13-11(4)18-12(5)14-13;1-4-6-13-8-10-14(11-9-13)7-5-12(2)3;1-4-11-5-7-12(8-6-11)9-10(2)3;1-4-6-11-9(13)10(14)12-7-5-8(2)3;1-4-6-9-7-5-8(2)3;1-4-5-6-7-8(2)3/h6-9,13H,5,10-12H2,1-4H3;5-9,11,13-15H,4,10H2,1-3H3;5-6,8-9,12H,4,7,10-11H2,1-3H3;10H,6-9H2,1-5H3;12H,4-11H2,1-3H3;5-8,10H,4,9H2,1-3H3;8H,4-7H2,1-3H3,(H,11,13)(H,12,14);8H,4-7H2,1-3H3;8H,4-7H2,1-3H3/t;13-,14-,15?;;;;;;;/m.0......./s1. The van der Waals surface area contributed by atoms with Crippen LogP contribution < -0.4 is 15.4 Å². The molecule has 3 aromatic carbocycles. The molecule has 750 valence electrons. The summed E-state index contributed by atoms with van der Waals surface area (Å²) in [6.07, 6.45) is 25.7. The first kappa shape index (κ1) is 126. The molecule has 4 heterocycles. The summed E-state index contributed by atoms with van der Waals surface area (Å²) in [4.78, 5) is 49.8. The number of carbonyl (C=O) groups is 3. The minimum atomic E-state index is -3.54. The second-order valence-electron chi connectivity index (χ2n) is 38.3. The molecule has 2 aromatic heterocycles. The highest BCUT2D eigenvalue weighted by molar-refractivity contribution is 7.89. The lowest BCUT2D eigenvalue weighted by Crippen LogP contribution is -2.46. The van der Waals surface area contributed by atoms with Gasteiger partial charge in [0.2, 0.25) is 15.0 Å². The van der Waals surface area contributed by atoms with E-state index in [1.54, 1.807) is 74.1 Å². The summed E-state index contributed by atoms with van der Waals surface area (Å²) >= 11 is 0. The number of sulfonamides is 2. The van der Waals surface area contributed by atoms with Crippen molar-refractivity contribution in [3.8, 4) is 5.75 Å². The molecule has 2 aliphatic heterocycles. The number of ether oxygens (including phenoxy) is 4. The molecule has 3 amide bonds. The number of rotatable bonds is 47. The number of pyridine rings is 1. The molecule has 0 radical (unpaired) electrons. The molecular weight excluding hydrogens is 1670 g/mol. The average Bonchev–Trinajstić information content (AvgIpc) is 1.60. The van der Waals surface area contributed by atoms with Gasteiger partial charge in [-0.05, 0) is 224 Å².